The van der Waals surface area contributed by atoms with Crippen LogP contribution in [0.2, 0.25) is 0 Å². The minimum atomic E-state index is 0.840. The van der Waals surface area contributed by atoms with Gasteiger partial charge < -0.3 is 4.90 Å². The molecule has 1 saturated heterocycles. The molecule has 2 aliphatic rings. The zero-order valence-corrected chi connectivity index (χ0v) is 9.81. The van der Waals surface area contributed by atoms with E-state index in [1.165, 1.54) is 58.0 Å². The van der Waals surface area contributed by atoms with E-state index < -0.39 is 0 Å². The Morgan fingerprint density at radius 3 is 2.71 bits per heavy atom. The Kier molecular flexibility index (Phi) is 4.12. The summed E-state index contributed by atoms with van der Waals surface area (Å²) in [6.45, 7) is 2.71. The van der Waals surface area contributed by atoms with Gasteiger partial charge in [-0.2, -0.15) is 0 Å². The average molecular weight is 216 g/mol. The second kappa shape index (κ2) is 5.37. The van der Waals surface area contributed by atoms with Gasteiger partial charge in [-0.05, 0) is 51.1 Å². The number of likely N-dealkylation sites (tertiary alicyclic amines) is 1. The first-order valence-corrected chi connectivity index (χ1v) is 6.73. The normalized spacial score (nSPS) is 28.5. The molecule has 0 N–H and O–H groups in total. The molecule has 1 atom stereocenters. The standard InChI is InChI=1S/C12H22ClN/c13-8-1-3-12-4-2-9-14(12)10-7-11-5-6-11/h11-12H,1-10H2. The van der Waals surface area contributed by atoms with Crippen molar-refractivity contribution in [1.29, 1.82) is 0 Å². The van der Waals surface area contributed by atoms with Gasteiger partial charge in [0.2, 0.25) is 0 Å². The molecule has 1 aliphatic carbocycles. The van der Waals surface area contributed by atoms with E-state index in [1.807, 2.05) is 0 Å². The SMILES string of the molecule is ClCCCC1CCCN1CCC1CC1. The summed E-state index contributed by atoms with van der Waals surface area (Å²) in [5.41, 5.74) is 0. The largest absolute Gasteiger partial charge is 0.300 e. The van der Waals surface area contributed by atoms with Crippen LogP contribution in [0.3, 0.4) is 0 Å². The maximum Gasteiger partial charge on any atom is 0.0224 e. The van der Waals surface area contributed by atoms with Gasteiger partial charge in [-0.25, -0.2) is 0 Å². The van der Waals surface area contributed by atoms with E-state index in [0.717, 1.165) is 17.8 Å². The molecule has 0 amide bonds. The van der Waals surface area contributed by atoms with Crippen molar-refractivity contribution in [1.82, 2.24) is 4.90 Å². The van der Waals surface area contributed by atoms with Crippen LogP contribution in [-0.4, -0.2) is 29.9 Å². The first-order chi connectivity index (χ1) is 6.90. The number of rotatable bonds is 6. The van der Waals surface area contributed by atoms with Crippen molar-refractivity contribution in [3.05, 3.63) is 0 Å². The molecular weight excluding hydrogens is 194 g/mol. The molecule has 1 heterocycles. The Hall–Kier alpha value is 0.250. The quantitative estimate of drug-likeness (QED) is 0.615. The molecular formula is C12H22ClN. The van der Waals surface area contributed by atoms with Crippen LogP contribution in [0.5, 0.6) is 0 Å². The highest BCUT2D eigenvalue weighted by Gasteiger charge is 2.27. The molecule has 0 bridgehead atoms. The summed E-state index contributed by atoms with van der Waals surface area (Å²) in [5, 5.41) is 0. The van der Waals surface area contributed by atoms with Gasteiger partial charge in [-0.1, -0.05) is 12.8 Å². The van der Waals surface area contributed by atoms with Gasteiger partial charge in [0.1, 0.15) is 0 Å². The molecule has 0 aromatic heterocycles. The van der Waals surface area contributed by atoms with Gasteiger partial charge >= 0.3 is 0 Å². The van der Waals surface area contributed by atoms with E-state index in [4.69, 9.17) is 11.6 Å². The van der Waals surface area contributed by atoms with Crippen molar-refractivity contribution >= 4 is 11.6 Å². The molecule has 2 rings (SSSR count). The molecule has 1 unspecified atom stereocenters. The summed E-state index contributed by atoms with van der Waals surface area (Å²) >= 11 is 5.75. The lowest BCUT2D eigenvalue weighted by atomic mass is 10.1. The van der Waals surface area contributed by atoms with Crippen molar-refractivity contribution < 1.29 is 0 Å². The molecule has 0 aromatic rings. The Balaban J connectivity index is 1.66. The van der Waals surface area contributed by atoms with E-state index in [2.05, 4.69) is 4.90 Å². The van der Waals surface area contributed by atoms with Crippen LogP contribution in [0.4, 0.5) is 0 Å². The van der Waals surface area contributed by atoms with Crippen molar-refractivity contribution in [2.45, 2.75) is 51.0 Å². The van der Waals surface area contributed by atoms with E-state index in [9.17, 15) is 0 Å². The van der Waals surface area contributed by atoms with Gasteiger partial charge in [0, 0.05) is 11.9 Å². The highest BCUT2D eigenvalue weighted by molar-refractivity contribution is 6.17. The van der Waals surface area contributed by atoms with E-state index in [0.29, 0.717) is 0 Å². The van der Waals surface area contributed by atoms with Crippen LogP contribution in [0.25, 0.3) is 0 Å². The Bertz CT molecular complexity index is 168. The summed E-state index contributed by atoms with van der Waals surface area (Å²) in [4.78, 5) is 2.71. The molecule has 2 heteroatoms. The third-order valence-electron chi connectivity index (χ3n) is 3.69. The Labute approximate surface area is 92.8 Å². The number of nitrogens with zero attached hydrogens (tertiary/aromatic N) is 1. The van der Waals surface area contributed by atoms with Crippen molar-refractivity contribution in [3.8, 4) is 0 Å². The minimum absolute atomic E-state index is 0.840. The van der Waals surface area contributed by atoms with E-state index in [-0.39, 0.29) is 0 Å². The molecule has 1 aliphatic heterocycles. The number of alkyl halides is 1. The van der Waals surface area contributed by atoms with E-state index in [1.54, 1.807) is 0 Å². The average Bonchev–Trinajstić information content (AvgIpc) is 2.92. The summed E-state index contributed by atoms with van der Waals surface area (Å²) in [6.07, 6.45) is 9.82. The van der Waals surface area contributed by atoms with Gasteiger partial charge in [0.15, 0.2) is 0 Å². The number of hydrogen-bond acceptors (Lipinski definition) is 1. The van der Waals surface area contributed by atoms with Crippen molar-refractivity contribution in [2.75, 3.05) is 19.0 Å². The van der Waals surface area contributed by atoms with Crippen LogP contribution >= 0.6 is 11.6 Å². The summed E-state index contributed by atoms with van der Waals surface area (Å²) in [7, 11) is 0. The molecule has 1 saturated carbocycles. The van der Waals surface area contributed by atoms with E-state index >= 15 is 0 Å². The fourth-order valence-corrected chi connectivity index (χ4v) is 2.74. The lowest BCUT2D eigenvalue weighted by molar-refractivity contribution is 0.235. The Morgan fingerprint density at radius 2 is 2.00 bits per heavy atom. The summed E-state index contributed by atoms with van der Waals surface area (Å²) in [6, 6.07) is 0.868. The van der Waals surface area contributed by atoms with Gasteiger partial charge in [-0.3, -0.25) is 0 Å². The fraction of sp³-hybridized carbons (Fsp3) is 1.00. The zero-order chi connectivity index (χ0) is 9.80. The lowest BCUT2D eigenvalue weighted by Gasteiger charge is -2.24. The monoisotopic (exact) mass is 215 g/mol. The number of hydrogen-bond donors (Lipinski definition) is 0. The molecule has 1 nitrogen and oxygen atoms in total. The van der Waals surface area contributed by atoms with Crippen LogP contribution in [0, 0.1) is 5.92 Å². The van der Waals surface area contributed by atoms with Gasteiger partial charge in [0.05, 0.1) is 0 Å². The zero-order valence-electron chi connectivity index (χ0n) is 9.05. The highest BCUT2D eigenvalue weighted by Crippen LogP contribution is 2.33. The van der Waals surface area contributed by atoms with Crippen molar-refractivity contribution in [2.24, 2.45) is 5.92 Å². The molecule has 2 fully saturated rings. The van der Waals surface area contributed by atoms with Crippen LogP contribution in [0.1, 0.15) is 44.9 Å². The van der Waals surface area contributed by atoms with Crippen LogP contribution < -0.4 is 0 Å². The third-order valence-corrected chi connectivity index (χ3v) is 3.96. The maximum atomic E-state index is 5.75. The lowest BCUT2D eigenvalue weighted by Crippen LogP contribution is -2.30. The highest BCUT2D eigenvalue weighted by atomic mass is 35.5. The minimum Gasteiger partial charge on any atom is -0.300 e. The predicted molar refractivity (Wildman–Crippen MR) is 61.9 cm³/mol. The smallest absolute Gasteiger partial charge is 0.0224 e. The molecule has 0 radical (unpaired) electrons. The molecule has 0 spiro atoms. The topological polar surface area (TPSA) is 3.24 Å². The second-order valence-electron chi connectivity index (χ2n) is 4.90. The molecule has 14 heavy (non-hydrogen) atoms. The van der Waals surface area contributed by atoms with Crippen LogP contribution in [-0.2, 0) is 0 Å². The first kappa shape index (κ1) is 10.8. The first-order valence-electron chi connectivity index (χ1n) is 6.20. The van der Waals surface area contributed by atoms with Crippen molar-refractivity contribution in [3.63, 3.8) is 0 Å². The predicted octanol–water partition coefficient (Wildman–Crippen LogP) is 3.27. The fourth-order valence-electron chi connectivity index (χ4n) is 2.58. The molecule has 82 valence electrons. The Morgan fingerprint density at radius 1 is 1.14 bits per heavy atom. The molecule has 0 aromatic carbocycles. The van der Waals surface area contributed by atoms with Gasteiger partial charge in [-0.15, -0.1) is 11.6 Å². The summed E-state index contributed by atoms with van der Waals surface area (Å²) < 4.78 is 0. The van der Waals surface area contributed by atoms with Gasteiger partial charge in [0.25, 0.3) is 0 Å². The summed E-state index contributed by atoms with van der Waals surface area (Å²) in [5.74, 6) is 1.93. The second-order valence-corrected chi connectivity index (χ2v) is 5.27. The maximum absolute atomic E-state index is 5.75. The van der Waals surface area contributed by atoms with Crippen LogP contribution in [0.15, 0.2) is 0 Å². The number of halogens is 1. The third kappa shape index (κ3) is 3.13.